The van der Waals surface area contributed by atoms with Crippen LogP contribution >= 0.6 is 0 Å². The number of benzene rings is 1. The maximum absolute atomic E-state index is 12.8. The average molecular weight is 441 g/mol. The maximum atomic E-state index is 12.8. The predicted octanol–water partition coefficient (Wildman–Crippen LogP) is 0.465. The van der Waals surface area contributed by atoms with E-state index in [9.17, 15) is 14.4 Å². The number of hydrogen-bond acceptors (Lipinski definition) is 7. The van der Waals surface area contributed by atoms with Gasteiger partial charge in [0.2, 0.25) is 5.95 Å². The normalized spacial score (nSPS) is 14.8. The highest BCUT2D eigenvalue weighted by atomic mass is 16.5. The van der Waals surface area contributed by atoms with Crippen molar-refractivity contribution in [1.29, 1.82) is 0 Å². The Hall–Kier alpha value is -3.40. The van der Waals surface area contributed by atoms with E-state index in [1.807, 2.05) is 40.7 Å². The van der Waals surface area contributed by atoms with Gasteiger partial charge in [-0.15, -0.1) is 0 Å². The molecule has 0 unspecified atom stereocenters. The first kappa shape index (κ1) is 21.8. The number of H-pyrrole nitrogens is 1. The lowest BCUT2D eigenvalue weighted by molar-refractivity contribution is -0.144. The molecule has 2 aromatic heterocycles. The number of anilines is 1. The monoisotopic (exact) mass is 440 g/mol. The molecule has 1 aromatic carbocycles. The molecule has 0 radical (unpaired) electrons. The summed E-state index contributed by atoms with van der Waals surface area (Å²) >= 11 is 0. The van der Waals surface area contributed by atoms with E-state index in [-0.39, 0.29) is 12.5 Å². The molecule has 170 valence electrons. The van der Waals surface area contributed by atoms with Gasteiger partial charge in [0.25, 0.3) is 5.56 Å². The molecular formula is C22H28N6O4. The molecule has 32 heavy (non-hydrogen) atoms. The van der Waals surface area contributed by atoms with Gasteiger partial charge >= 0.3 is 11.7 Å². The van der Waals surface area contributed by atoms with Crippen LogP contribution in [0.4, 0.5) is 5.95 Å². The van der Waals surface area contributed by atoms with Crippen molar-refractivity contribution >= 4 is 23.1 Å². The largest absolute Gasteiger partial charge is 0.465 e. The van der Waals surface area contributed by atoms with Crippen molar-refractivity contribution in [2.45, 2.75) is 20.4 Å². The molecule has 3 heterocycles. The van der Waals surface area contributed by atoms with E-state index in [2.05, 4.69) is 9.88 Å². The highest BCUT2D eigenvalue weighted by Crippen LogP contribution is 2.23. The highest BCUT2D eigenvalue weighted by molar-refractivity contribution is 5.75. The second-order valence-electron chi connectivity index (χ2n) is 7.98. The fourth-order valence-corrected chi connectivity index (χ4v) is 4.07. The van der Waals surface area contributed by atoms with Crippen molar-refractivity contribution in [3.05, 3.63) is 56.2 Å². The number of aromatic amines is 1. The van der Waals surface area contributed by atoms with Crippen LogP contribution in [-0.4, -0.2) is 69.3 Å². The Bertz CT molecular complexity index is 1250. The van der Waals surface area contributed by atoms with E-state index in [4.69, 9.17) is 9.72 Å². The van der Waals surface area contributed by atoms with Crippen LogP contribution in [0.15, 0.2) is 33.9 Å². The van der Waals surface area contributed by atoms with Crippen molar-refractivity contribution in [3.8, 4) is 0 Å². The van der Waals surface area contributed by atoms with Crippen LogP contribution in [-0.2, 0) is 23.1 Å². The van der Waals surface area contributed by atoms with Gasteiger partial charge in [-0.05, 0) is 25.0 Å². The summed E-state index contributed by atoms with van der Waals surface area (Å²) in [6.07, 6.45) is 0. The van der Waals surface area contributed by atoms with Gasteiger partial charge in [0, 0.05) is 33.2 Å². The minimum absolute atomic E-state index is 0.228. The van der Waals surface area contributed by atoms with Gasteiger partial charge in [-0.1, -0.05) is 24.3 Å². The van der Waals surface area contributed by atoms with Crippen LogP contribution in [0, 0.1) is 6.92 Å². The zero-order chi connectivity index (χ0) is 22.8. The molecule has 1 N–H and O–H groups in total. The van der Waals surface area contributed by atoms with Gasteiger partial charge in [-0.25, -0.2) is 4.79 Å². The van der Waals surface area contributed by atoms with Crippen LogP contribution < -0.4 is 16.1 Å². The van der Waals surface area contributed by atoms with Gasteiger partial charge in [-0.3, -0.25) is 28.6 Å². The number of nitrogens with zero attached hydrogens (tertiary/aromatic N) is 5. The Morgan fingerprint density at radius 3 is 2.56 bits per heavy atom. The number of ether oxygens (including phenoxy) is 1. The Morgan fingerprint density at radius 1 is 1.16 bits per heavy atom. The molecule has 1 aliphatic rings. The summed E-state index contributed by atoms with van der Waals surface area (Å²) in [5.41, 5.74) is 1.98. The van der Waals surface area contributed by atoms with Crippen LogP contribution in [0.2, 0.25) is 0 Å². The van der Waals surface area contributed by atoms with E-state index in [0.29, 0.717) is 56.4 Å². The van der Waals surface area contributed by atoms with Gasteiger partial charge < -0.3 is 9.64 Å². The summed E-state index contributed by atoms with van der Waals surface area (Å²) in [5.74, 6) is 0.417. The molecule has 1 aliphatic heterocycles. The Kier molecular flexibility index (Phi) is 6.13. The first-order valence-electron chi connectivity index (χ1n) is 10.8. The van der Waals surface area contributed by atoms with E-state index in [1.54, 1.807) is 14.0 Å². The molecule has 1 saturated heterocycles. The van der Waals surface area contributed by atoms with Gasteiger partial charge in [0.05, 0.1) is 19.7 Å². The molecule has 0 amide bonds. The molecular weight excluding hydrogens is 412 g/mol. The third kappa shape index (κ3) is 4.18. The number of carbonyl (C=O) groups is 1. The topological polar surface area (TPSA) is 105 Å². The summed E-state index contributed by atoms with van der Waals surface area (Å²) in [6, 6.07) is 8.00. The van der Waals surface area contributed by atoms with E-state index in [0.717, 1.165) is 11.1 Å². The van der Waals surface area contributed by atoms with Crippen molar-refractivity contribution in [2.75, 3.05) is 44.2 Å². The smallest absolute Gasteiger partial charge is 0.329 e. The maximum Gasteiger partial charge on any atom is 0.329 e. The van der Waals surface area contributed by atoms with E-state index in [1.165, 1.54) is 4.57 Å². The lowest BCUT2D eigenvalue weighted by Crippen LogP contribution is -2.49. The number of aryl methyl sites for hydroxylation is 2. The second kappa shape index (κ2) is 8.99. The first-order valence-corrected chi connectivity index (χ1v) is 10.8. The quantitative estimate of drug-likeness (QED) is 0.556. The highest BCUT2D eigenvalue weighted by Gasteiger charge is 2.26. The SMILES string of the molecule is CCOC(=O)CN1CCN(c2nc3c(c(=O)[nH]c(=O)n3C)n2Cc2ccccc2C)CC1. The summed E-state index contributed by atoms with van der Waals surface area (Å²) < 4.78 is 8.30. The number of nitrogens with one attached hydrogen (secondary N) is 1. The fraction of sp³-hybridized carbons (Fsp3) is 0.455. The molecule has 0 aliphatic carbocycles. The van der Waals surface area contributed by atoms with E-state index < -0.39 is 11.2 Å². The molecule has 1 fully saturated rings. The van der Waals surface area contributed by atoms with Crippen LogP contribution in [0.25, 0.3) is 11.2 Å². The Labute approximate surface area is 185 Å². The number of imidazole rings is 1. The zero-order valence-corrected chi connectivity index (χ0v) is 18.6. The van der Waals surface area contributed by atoms with Crippen LogP contribution in [0.1, 0.15) is 18.1 Å². The van der Waals surface area contributed by atoms with E-state index >= 15 is 0 Å². The summed E-state index contributed by atoms with van der Waals surface area (Å²) in [7, 11) is 1.60. The third-order valence-electron chi connectivity index (χ3n) is 5.89. The average Bonchev–Trinajstić information content (AvgIpc) is 3.14. The molecule has 0 bridgehead atoms. The molecule has 10 heteroatoms. The lowest BCUT2D eigenvalue weighted by atomic mass is 10.1. The van der Waals surface area contributed by atoms with Crippen LogP contribution in [0.3, 0.4) is 0 Å². The minimum Gasteiger partial charge on any atom is -0.465 e. The molecule has 0 saturated carbocycles. The standard InChI is InChI=1S/C22H28N6O4/c1-4-32-17(29)14-26-9-11-27(12-10-26)21-23-19-18(20(30)24-22(31)25(19)3)28(21)13-16-8-6-5-7-15(16)2/h5-8H,4,9-14H2,1-3H3,(H,24,30,31). The second-order valence-corrected chi connectivity index (χ2v) is 7.98. The van der Waals surface area contributed by atoms with Crippen LogP contribution in [0.5, 0.6) is 0 Å². The Morgan fingerprint density at radius 2 is 1.88 bits per heavy atom. The minimum atomic E-state index is -0.492. The predicted molar refractivity (Wildman–Crippen MR) is 121 cm³/mol. The summed E-state index contributed by atoms with van der Waals surface area (Å²) in [5, 5.41) is 0. The number of piperazine rings is 1. The number of carbonyl (C=O) groups excluding carboxylic acids is 1. The zero-order valence-electron chi connectivity index (χ0n) is 18.6. The van der Waals surface area contributed by atoms with Crippen molar-refractivity contribution < 1.29 is 9.53 Å². The molecule has 0 spiro atoms. The molecule has 3 aromatic rings. The number of esters is 1. The van der Waals surface area contributed by atoms with Gasteiger partial charge in [0.1, 0.15) is 0 Å². The summed E-state index contributed by atoms with van der Waals surface area (Å²) in [6.45, 7) is 7.54. The van der Waals surface area contributed by atoms with Gasteiger partial charge in [-0.2, -0.15) is 4.98 Å². The lowest BCUT2D eigenvalue weighted by Gasteiger charge is -2.34. The number of rotatable bonds is 6. The third-order valence-corrected chi connectivity index (χ3v) is 5.89. The molecule has 10 nitrogen and oxygen atoms in total. The van der Waals surface area contributed by atoms with Crippen molar-refractivity contribution in [2.24, 2.45) is 7.05 Å². The molecule has 4 rings (SSSR count). The van der Waals surface area contributed by atoms with Crippen molar-refractivity contribution in [3.63, 3.8) is 0 Å². The first-order chi connectivity index (χ1) is 15.4. The number of fused-ring (bicyclic) bond motifs is 1. The number of hydrogen-bond donors (Lipinski definition) is 1. The number of aromatic nitrogens is 4. The summed E-state index contributed by atoms with van der Waals surface area (Å²) in [4.78, 5) is 48.0. The van der Waals surface area contributed by atoms with Crippen molar-refractivity contribution in [1.82, 2.24) is 24.0 Å². The molecule has 0 atom stereocenters. The fourth-order valence-electron chi connectivity index (χ4n) is 4.07. The Balaban J connectivity index is 1.70. The van der Waals surface area contributed by atoms with Gasteiger partial charge in [0.15, 0.2) is 11.2 Å².